The first-order valence-corrected chi connectivity index (χ1v) is 9.22. The standard InChI is InChI=1S/C17H19ClN2O3S/c1-10-7-15(16(18)8-11(10)2)17(21)20-12(3)13-5-4-6-14(9-13)24(19,22)23/h4-9,12H,1-3H3,(H,20,21)(H2,19,22,23). The van der Waals surface area contributed by atoms with Gasteiger partial charge in [0.1, 0.15) is 0 Å². The van der Waals surface area contributed by atoms with E-state index in [9.17, 15) is 13.2 Å². The van der Waals surface area contributed by atoms with Gasteiger partial charge in [0.05, 0.1) is 21.5 Å². The van der Waals surface area contributed by atoms with Gasteiger partial charge in [-0.2, -0.15) is 0 Å². The van der Waals surface area contributed by atoms with Crippen LogP contribution < -0.4 is 10.5 Å². The minimum Gasteiger partial charge on any atom is -0.345 e. The molecule has 0 fully saturated rings. The quantitative estimate of drug-likeness (QED) is 0.871. The maximum Gasteiger partial charge on any atom is 0.253 e. The van der Waals surface area contributed by atoms with Crippen LogP contribution in [-0.2, 0) is 10.0 Å². The number of carbonyl (C=O) groups is 1. The monoisotopic (exact) mass is 366 g/mol. The summed E-state index contributed by atoms with van der Waals surface area (Å²) in [5.74, 6) is -0.323. The number of nitrogens with two attached hydrogens (primary N) is 1. The maximum atomic E-state index is 12.5. The van der Waals surface area contributed by atoms with E-state index in [1.54, 1.807) is 31.2 Å². The fourth-order valence-electron chi connectivity index (χ4n) is 2.27. The highest BCUT2D eigenvalue weighted by atomic mass is 35.5. The lowest BCUT2D eigenvalue weighted by atomic mass is 10.0. The van der Waals surface area contributed by atoms with Crippen molar-refractivity contribution < 1.29 is 13.2 Å². The molecule has 0 bridgehead atoms. The molecule has 0 saturated carbocycles. The Kier molecular flexibility index (Phi) is 5.32. The number of carbonyl (C=O) groups excluding carboxylic acids is 1. The molecule has 0 saturated heterocycles. The molecule has 7 heteroatoms. The number of amides is 1. The Labute approximate surface area is 146 Å². The lowest BCUT2D eigenvalue weighted by Crippen LogP contribution is -2.27. The van der Waals surface area contributed by atoms with E-state index < -0.39 is 16.1 Å². The number of benzene rings is 2. The zero-order valence-electron chi connectivity index (χ0n) is 13.6. The predicted octanol–water partition coefficient (Wildman–Crippen LogP) is 3.10. The molecule has 1 amide bonds. The van der Waals surface area contributed by atoms with Gasteiger partial charge < -0.3 is 5.32 Å². The number of hydrogen-bond donors (Lipinski definition) is 2. The Balaban J connectivity index is 2.25. The minimum atomic E-state index is -3.79. The molecule has 0 aliphatic carbocycles. The molecule has 2 rings (SSSR count). The molecule has 128 valence electrons. The summed E-state index contributed by atoms with van der Waals surface area (Å²) in [4.78, 5) is 12.5. The first-order valence-electron chi connectivity index (χ1n) is 7.30. The van der Waals surface area contributed by atoms with Crippen LogP contribution in [0, 0.1) is 13.8 Å². The lowest BCUT2D eigenvalue weighted by molar-refractivity contribution is 0.0940. The van der Waals surface area contributed by atoms with Crippen molar-refractivity contribution in [3.05, 3.63) is 63.7 Å². The molecule has 0 aliphatic heterocycles. The highest BCUT2D eigenvalue weighted by molar-refractivity contribution is 7.89. The number of aryl methyl sites for hydroxylation is 2. The summed E-state index contributed by atoms with van der Waals surface area (Å²) in [7, 11) is -3.79. The Morgan fingerprint density at radius 3 is 2.42 bits per heavy atom. The van der Waals surface area contributed by atoms with Crippen LogP contribution in [0.3, 0.4) is 0 Å². The Morgan fingerprint density at radius 1 is 1.17 bits per heavy atom. The van der Waals surface area contributed by atoms with Crippen molar-refractivity contribution in [2.75, 3.05) is 0 Å². The van der Waals surface area contributed by atoms with E-state index in [1.165, 1.54) is 12.1 Å². The van der Waals surface area contributed by atoms with Gasteiger partial charge in [-0.05, 0) is 61.7 Å². The van der Waals surface area contributed by atoms with Gasteiger partial charge in [0.2, 0.25) is 10.0 Å². The third kappa shape index (κ3) is 4.14. The molecule has 0 aromatic heterocycles. The van der Waals surface area contributed by atoms with Crippen molar-refractivity contribution >= 4 is 27.5 Å². The van der Waals surface area contributed by atoms with E-state index in [0.29, 0.717) is 16.1 Å². The molecule has 2 aromatic rings. The zero-order valence-corrected chi connectivity index (χ0v) is 15.2. The van der Waals surface area contributed by atoms with Crippen LogP contribution in [0.25, 0.3) is 0 Å². The second-order valence-electron chi connectivity index (χ2n) is 5.73. The Morgan fingerprint density at radius 2 is 1.79 bits per heavy atom. The average molecular weight is 367 g/mol. The van der Waals surface area contributed by atoms with E-state index in [1.807, 2.05) is 13.8 Å². The van der Waals surface area contributed by atoms with Crippen molar-refractivity contribution in [2.45, 2.75) is 31.7 Å². The van der Waals surface area contributed by atoms with Gasteiger partial charge in [-0.15, -0.1) is 0 Å². The van der Waals surface area contributed by atoms with Crippen molar-refractivity contribution in [1.29, 1.82) is 0 Å². The SMILES string of the molecule is Cc1cc(Cl)c(C(=O)NC(C)c2cccc(S(N)(=O)=O)c2)cc1C. The summed E-state index contributed by atoms with van der Waals surface area (Å²) in [5, 5.41) is 8.33. The van der Waals surface area contributed by atoms with Crippen LogP contribution in [-0.4, -0.2) is 14.3 Å². The number of rotatable bonds is 4. The minimum absolute atomic E-state index is 0.00492. The smallest absolute Gasteiger partial charge is 0.253 e. The van der Waals surface area contributed by atoms with Crippen LogP contribution in [0.15, 0.2) is 41.3 Å². The highest BCUT2D eigenvalue weighted by Crippen LogP contribution is 2.22. The zero-order chi connectivity index (χ0) is 18.1. The van der Waals surface area contributed by atoms with E-state index in [4.69, 9.17) is 16.7 Å². The van der Waals surface area contributed by atoms with Gasteiger partial charge in [0.25, 0.3) is 5.91 Å². The first-order chi connectivity index (χ1) is 11.1. The van der Waals surface area contributed by atoms with Gasteiger partial charge in [0, 0.05) is 0 Å². The van der Waals surface area contributed by atoms with E-state index in [2.05, 4.69) is 5.32 Å². The van der Waals surface area contributed by atoms with Crippen molar-refractivity contribution in [1.82, 2.24) is 5.32 Å². The molecule has 2 aromatic carbocycles. The molecule has 1 atom stereocenters. The van der Waals surface area contributed by atoms with Gasteiger partial charge in [-0.3, -0.25) is 4.79 Å². The number of nitrogens with one attached hydrogen (secondary N) is 1. The van der Waals surface area contributed by atoms with E-state index in [0.717, 1.165) is 11.1 Å². The first kappa shape index (κ1) is 18.4. The third-order valence-corrected chi connectivity index (χ3v) is 5.09. The van der Waals surface area contributed by atoms with Gasteiger partial charge >= 0.3 is 0 Å². The fraction of sp³-hybridized carbons (Fsp3) is 0.235. The van der Waals surface area contributed by atoms with Crippen LogP contribution in [0.5, 0.6) is 0 Å². The van der Waals surface area contributed by atoms with Crippen molar-refractivity contribution in [3.8, 4) is 0 Å². The maximum absolute atomic E-state index is 12.5. The number of hydrogen-bond acceptors (Lipinski definition) is 3. The van der Waals surface area contributed by atoms with Gasteiger partial charge in [-0.1, -0.05) is 23.7 Å². The average Bonchev–Trinajstić information content (AvgIpc) is 2.50. The topological polar surface area (TPSA) is 89.3 Å². The van der Waals surface area contributed by atoms with E-state index >= 15 is 0 Å². The predicted molar refractivity (Wildman–Crippen MR) is 94.6 cm³/mol. The van der Waals surface area contributed by atoms with Crippen molar-refractivity contribution in [3.63, 3.8) is 0 Å². The summed E-state index contributed by atoms with van der Waals surface area (Å²) in [5.41, 5.74) is 2.99. The molecule has 0 radical (unpaired) electrons. The summed E-state index contributed by atoms with van der Waals surface area (Å²) in [6.07, 6.45) is 0. The summed E-state index contributed by atoms with van der Waals surface area (Å²) in [6, 6.07) is 9.24. The van der Waals surface area contributed by atoms with Crippen LogP contribution in [0.2, 0.25) is 5.02 Å². The molecule has 24 heavy (non-hydrogen) atoms. The summed E-state index contributed by atoms with van der Waals surface area (Å²) in [6.45, 7) is 5.58. The molecule has 5 nitrogen and oxygen atoms in total. The highest BCUT2D eigenvalue weighted by Gasteiger charge is 2.17. The fourth-order valence-corrected chi connectivity index (χ4v) is 3.15. The third-order valence-electron chi connectivity index (χ3n) is 3.86. The lowest BCUT2D eigenvalue weighted by Gasteiger charge is -2.16. The molecule has 0 spiro atoms. The van der Waals surface area contributed by atoms with Crippen LogP contribution in [0.4, 0.5) is 0 Å². The molecule has 0 aliphatic rings. The van der Waals surface area contributed by atoms with Crippen LogP contribution in [0.1, 0.15) is 40.0 Å². The van der Waals surface area contributed by atoms with Crippen LogP contribution >= 0.6 is 11.6 Å². The Hall–Kier alpha value is -1.89. The van der Waals surface area contributed by atoms with Gasteiger partial charge in [-0.25, -0.2) is 13.6 Å². The molecule has 3 N–H and O–H groups in total. The number of sulfonamides is 1. The normalized spacial score (nSPS) is 12.7. The number of halogens is 1. The second kappa shape index (κ2) is 6.93. The molecule has 0 heterocycles. The van der Waals surface area contributed by atoms with Crippen molar-refractivity contribution in [2.24, 2.45) is 5.14 Å². The summed E-state index contributed by atoms with van der Waals surface area (Å²) < 4.78 is 22.9. The van der Waals surface area contributed by atoms with E-state index in [-0.39, 0.29) is 10.8 Å². The molecular formula is C17H19ClN2O3S. The molecular weight excluding hydrogens is 348 g/mol. The summed E-state index contributed by atoms with van der Waals surface area (Å²) >= 11 is 6.15. The molecule has 1 unspecified atom stereocenters. The van der Waals surface area contributed by atoms with Gasteiger partial charge in [0.15, 0.2) is 0 Å². The second-order valence-corrected chi connectivity index (χ2v) is 7.70. The largest absolute Gasteiger partial charge is 0.345 e. The Bertz CT molecular complexity index is 895. The number of primary sulfonamides is 1.